The first-order chi connectivity index (χ1) is 9.13. The van der Waals surface area contributed by atoms with Crippen LogP contribution in [0.5, 0.6) is 0 Å². The van der Waals surface area contributed by atoms with E-state index >= 15 is 0 Å². The Labute approximate surface area is 123 Å². The molecule has 0 aromatic carbocycles. The summed E-state index contributed by atoms with van der Waals surface area (Å²) in [7, 11) is 0. The Morgan fingerprint density at radius 2 is 1.90 bits per heavy atom. The molecular formula is C15H31N3O2. The zero-order chi connectivity index (χ0) is 15.4. The highest BCUT2D eigenvalue weighted by Crippen LogP contribution is 2.24. The Morgan fingerprint density at radius 3 is 2.45 bits per heavy atom. The number of ether oxygens (including phenoxy) is 1. The molecule has 20 heavy (non-hydrogen) atoms. The van der Waals surface area contributed by atoms with Crippen molar-refractivity contribution in [1.29, 1.82) is 0 Å². The van der Waals surface area contributed by atoms with Gasteiger partial charge in [0.2, 0.25) is 0 Å². The van der Waals surface area contributed by atoms with E-state index in [0.717, 1.165) is 6.54 Å². The number of amides is 1. The molecule has 118 valence electrons. The molecule has 5 heteroatoms. The van der Waals surface area contributed by atoms with Crippen LogP contribution in [0.3, 0.4) is 0 Å². The van der Waals surface area contributed by atoms with Gasteiger partial charge in [-0.05, 0) is 59.9 Å². The Balaban J connectivity index is 2.39. The maximum absolute atomic E-state index is 11.8. The number of carbonyl (C=O) groups excluding carboxylic acids is 1. The van der Waals surface area contributed by atoms with Gasteiger partial charge in [0.05, 0.1) is 5.54 Å². The topological polar surface area (TPSA) is 76.4 Å². The van der Waals surface area contributed by atoms with Crippen LogP contribution in [0.2, 0.25) is 0 Å². The smallest absolute Gasteiger partial charge is 0.408 e. The fourth-order valence-electron chi connectivity index (χ4n) is 2.60. The number of nitrogens with two attached hydrogens (primary N) is 1. The molecule has 0 spiro atoms. The predicted octanol–water partition coefficient (Wildman–Crippen LogP) is 2.01. The van der Waals surface area contributed by atoms with Crippen LogP contribution in [0.25, 0.3) is 0 Å². The van der Waals surface area contributed by atoms with Gasteiger partial charge in [0.1, 0.15) is 5.60 Å². The quantitative estimate of drug-likeness (QED) is 0.722. The summed E-state index contributed by atoms with van der Waals surface area (Å²) < 4.78 is 5.29. The molecule has 1 aliphatic rings. The van der Waals surface area contributed by atoms with Gasteiger partial charge in [-0.2, -0.15) is 0 Å². The van der Waals surface area contributed by atoms with Crippen molar-refractivity contribution in [2.45, 2.75) is 71.1 Å². The van der Waals surface area contributed by atoms with Crippen LogP contribution in [0.4, 0.5) is 4.79 Å². The summed E-state index contributed by atoms with van der Waals surface area (Å²) >= 11 is 0. The van der Waals surface area contributed by atoms with Crippen LogP contribution >= 0.6 is 0 Å². The predicted molar refractivity (Wildman–Crippen MR) is 81.6 cm³/mol. The van der Waals surface area contributed by atoms with Crippen LogP contribution in [-0.4, -0.2) is 36.4 Å². The van der Waals surface area contributed by atoms with Crippen molar-refractivity contribution >= 4 is 6.09 Å². The fourth-order valence-corrected chi connectivity index (χ4v) is 2.60. The molecule has 5 nitrogen and oxygen atoms in total. The molecule has 1 aliphatic carbocycles. The molecule has 0 saturated heterocycles. The maximum Gasteiger partial charge on any atom is 0.408 e. The summed E-state index contributed by atoms with van der Waals surface area (Å²) in [6.45, 7) is 11.0. The van der Waals surface area contributed by atoms with Gasteiger partial charge >= 0.3 is 6.09 Å². The molecule has 0 aromatic rings. The minimum Gasteiger partial charge on any atom is -0.444 e. The minimum absolute atomic E-state index is 0.343. The average molecular weight is 285 g/mol. The molecule has 1 fully saturated rings. The Kier molecular flexibility index (Phi) is 5.83. The van der Waals surface area contributed by atoms with Gasteiger partial charge in [-0.25, -0.2) is 4.79 Å². The van der Waals surface area contributed by atoms with E-state index in [0.29, 0.717) is 18.5 Å². The molecule has 0 aromatic heterocycles. The molecule has 1 saturated carbocycles. The molecule has 2 unspecified atom stereocenters. The molecule has 1 rings (SSSR count). The van der Waals surface area contributed by atoms with E-state index in [1.54, 1.807) is 0 Å². The van der Waals surface area contributed by atoms with Crippen molar-refractivity contribution in [3.63, 3.8) is 0 Å². The maximum atomic E-state index is 11.8. The zero-order valence-corrected chi connectivity index (χ0v) is 13.6. The highest BCUT2D eigenvalue weighted by atomic mass is 16.6. The first-order valence-electron chi connectivity index (χ1n) is 7.57. The van der Waals surface area contributed by atoms with E-state index in [1.165, 1.54) is 19.3 Å². The van der Waals surface area contributed by atoms with E-state index in [1.807, 2.05) is 34.6 Å². The second kappa shape index (κ2) is 6.76. The van der Waals surface area contributed by atoms with Gasteiger partial charge in [-0.3, -0.25) is 0 Å². The zero-order valence-electron chi connectivity index (χ0n) is 13.6. The standard InChI is InChI=1S/C15H31N3O2/c1-14(2,3)20-13(19)18-15(4,5)10-17-12-8-6-7-11(12)9-16/h11-12,17H,6-10,16H2,1-5H3,(H,18,19). The molecule has 0 radical (unpaired) electrons. The van der Waals surface area contributed by atoms with Gasteiger partial charge in [0.15, 0.2) is 0 Å². The molecule has 4 N–H and O–H groups in total. The van der Waals surface area contributed by atoms with Crippen molar-refractivity contribution in [3.8, 4) is 0 Å². The Hall–Kier alpha value is -0.810. The van der Waals surface area contributed by atoms with Gasteiger partial charge in [-0.1, -0.05) is 6.42 Å². The largest absolute Gasteiger partial charge is 0.444 e. The molecule has 0 aliphatic heterocycles. The summed E-state index contributed by atoms with van der Waals surface area (Å²) in [5, 5.41) is 6.46. The van der Waals surface area contributed by atoms with Gasteiger partial charge in [0, 0.05) is 12.6 Å². The number of nitrogens with one attached hydrogen (secondary N) is 2. The monoisotopic (exact) mass is 285 g/mol. The Morgan fingerprint density at radius 1 is 1.25 bits per heavy atom. The van der Waals surface area contributed by atoms with Gasteiger partial charge in [0.25, 0.3) is 0 Å². The summed E-state index contributed by atoms with van der Waals surface area (Å²) in [4.78, 5) is 11.8. The fraction of sp³-hybridized carbons (Fsp3) is 0.933. The van der Waals surface area contributed by atoms with E-state index in [4.69, 9.17) is 10.5 Å². The van der Waals surface area contributed by atoms with Crippen molar-refractivity contribution in [2.75, 3.05) is 13.1 Å². The third kappa shape index (κ3) is 6.09. The summed E-state index contributed by atoms with van der Waals surface area (Å²) in [5.41, 5.74) is 4.97. The highest BCUT2D eigenvalue weighted by Gasteiger charge is 2.29. The summed E-state index contributed by atoms with van der Waals surface area (Å²) in [6.07, 6.45) is 3.24. The van der Waals surface area contributed by atoms with Crippen LogP contribution in [-0.2, 0) is 4.74 Å². The first-order valence-corrected chi connectivity index (χ1v) is 7.57. The summed E-state index contributed by atoms with van der Waals surface area (Å²) in [6, 6.07) is 0.472. The summed E-state index contributed by atoms with van der Waals surface area (Å²) in [5.74, 6) is 0.562. The molecule has 0 bridgehead atoms. The number of carbonyl (C=O) groups is 1. The van der Waals surface area contributed by atoms with Crippen LogP contribution in [0.1, 0.15) is 53.9 Å². The van der Waals surface area contributed by atoms with Crippen LogP contribution < -0.4 is 16.4 Å². The minimum atomic E-state index is -0.469. The van der Waals surface area contributed by atoms with Crippen molar-refractivity contribution in [3.05, 3.63) is 0 Å². The molecule has 0 heterocycles. The van der Waals surface area contributed by atoms with E-state index < -0.39 is 5.60 Å². The number of rotatable bonds is 5. The highest BCUT2D eigenvalue weighted by molar-refractivity contribution is 5.68. The second-order valence-electron chi connectivity index (χ2n) is 7.42. The van der Waals surface area contributed by atoms with Crippen LogP contribution in [0, 0.1) is 5.92 Å². The second-order valence-corrected chi connectivity index (χ2v) is 7.42. The lowest BCUT2D eigenvalue weighted by molar-refractivity contribution is 0.0470. The lowest BCUT2D eigenvalue weighted by Gasteiger charge is -2.31. The molecule has 1 amide bonds. The average Bonchev–Trinajstić information content (AvgIpc) is 2.70. The lowest BCUT2D eigenvalue weighted by Crippen LogP contribution is -2.54. The van der Waals surface area contributed by atoms with Gasteiger partial charge in [-0.15, -0.1) is 0 Å². The first kappa shape index (κ1) is 17.2. The van der Waals surface area contributed by atoms with E-state index in [2.05, 4.69) is 10.6 Å². The van der Waals surface area contributed by atoms with Gasteiger partial charge < -0.3 is 21.1 Å². The van der Waals surface area contributed by atoms with E-state index in [9.17, 15) is 4.79 Å². The number of hydrogen-bond acceptors (Lipinski definition) is 4. The van der Waals surface area contributed by atoms with Crippen molar-refractivity contribution in [2.24, 2.45) is 11.7 Å². The normalized spacial score (nSPS) is 23.7. The lowest BCUT2D eigenvalue weighted by atomic mass is 10.0. The Bertz CT molecular complexity index is 324. The number of hydrogen-bond donors (Lipinski definition) is 3. The third-order valence-corrected chi connectivity index (χ3v) is 3.61. The molecule has 2 atom stereocenters. The van der Waals surface area contributed by atoms with E-state index in [-0.39, 0.29) is 11.6 Å². The van der Waals surface area contributed by atoms with Crippen LogP contribution in [0.15, 0.2) is 0 Å². The number of alkyl carbamates (subject to hydrolysis) is 1. The van der Waals surface area contributed by atoms with Crippen molar-refractivity contribution < 1.29 is 9.53 Å². The third-order valence-electron chi connectivity index (χ3n) is 3.61. The van der Waals surface area contributed by atoms with Crippen molar-refractivity contribution in [1.82, 2.24) is 10.6 Å². The molecular weight excluding hydrogens is 254 g/mol. The SMILES string of the molecule is CC(C)(CNC1CCCC1CN)NC(=O)OC(C)(C)C.